The lowest BCUT2D eigenvalue weighted by atomic mass is 9.98. The van der Waals surface area contributed by atoms with Gasteiger partial charge in [0, 0.05) is 32.2 Å². The maximum Gasteiger partial charge on any atom is 0.109 e. The lowest BCUT2D eigenvalue weighted by Crippen LogP contribution is -2.25. The van der Waals surface area contributed by atoms with E-state index >= 15 is 0 Å². The van der Waals surface area contributed by atoms with Crippen LogP contribution in [0.25, 0.3) is 0 Å². The maximum absolute atomic E-state index is 6.11. The summed E-state index contributed by atoms with van der Waals surface area (Å²) in [5, 5.41) is 0. The summed E-state index contributed by atoms with van der Waals surface area (Å²) < 4.78 is 7.87. The van der Waals surface area contributed by atoms with Gasteiger partial charge < -0.3 is 15.0 Å². The summed E-state index contributed by atoms with van der Waals surface area (Å²) in [6, 6.07) is 0.188. The van der Waals surface area contributed by atoms with Gasteiger partial charge in [-0.15, -0.1) is 0 Å². The van der Waals surface area contributed by atoms with Gasteiger partial charge in [-0.1, -0.05) is 0 Å². The van der Waals surface area contributed by atoms with Gasteiger partial charge >= 0.3 is 0 Å². The summed E-state index contributed by atoms with van der Waals surface area (Å²) in [6.45, 7) is 2.92. The second-order valence-electron chi connectivity index (χ2n) is 5.29. The molecule has 1 aromatic heterocycles. The first-order chi connectivity index (χ1) is 8.34. The summed E-state index contributed by atoms with van der Waals surface area (Å²) in [4.78, 5) is 4.57. The van der Waals surface area contributed by atoms with Crippen LogP contribution in [-0.2, 0) is 17.7 Å². The molecule has 0 bridgehead atoms. The number of nitrogens with zero attached hydrogens (tertiary/aromatic N) is 2. The van der Waals surface area contributed by atoms with E-state index in [1.165, 1.54) is 30.8 Å². The first-order valence-electron chi connectivity index (χ1n) is 6.72. The maximum atomic E-state index is 6.11. The smallest absolute Gasteiger partial charge is 0.109 e. The minimum Gasteiger partial charge on any atom is -0.381 e. The van der Waals surface area contributed by atoms with Gasteiger partial charge in [-0.3, -0.25) is 0 Å². The van der Waals surface area contributed by atoms with E-state index < -0.39 is 0 Å². The van der Waals surface area contributed by atoms with E-state index in [0.29, 0.717) is 5.92 Å². The third-order valence-electron chi connectivity index (χ3n) is 3.97. The van der Waals surface area contributed by atoms with Gasteiger partial charge in [-0.05, 0) is 31.6 Å². The van der Waals surface area contributed by atoms with Crippen molar-refractivity contribution in [3.8, 4) is 0 Å². The Morgan fingerprint density at radius 2 is 2.35 bits per heavy atom. The van der Waals surface area contributed by atoms with Gasteiger partial charge in [-0.25, -0.2) is 4.98 Å². The fraction of sp³-hybridized carbons (Fsp3) is 0.769. The summed E-state index contributed by atoms with van der Waals surface area (Å²) in [7, 11) is 0. The predicted octanol–water partition coefficient (Wildman–Crippen LogP) is 1.65. The van der Waals surface area contributed by atoms with Crippen LogP contribution in [0.1, 0.15) is 43.2 Å². The summed E-state index contributed by atoms with van der Waals surface area (Å²) in [5.41, 5.74) is 7.33. The van der Waals surface area contributed by atoms with E-state index in [1.807, 2.05) is 6.20 Å². The Morgan fingerprint density at radius 1 is 1.41 bits per heavy atom. The van der Waals surface area contributed by atoms with Gasteiger partial charge in [0.2, 0.25) is 0 Å². The second kappa shape index (κ2) is 4.78. The Balaban J connectivity index is 1.74. The third kappa shape index (κ3) is 2.24. The molecule has 2 aliphatic rings. The van der Waals surface area contributed by atoms with Crippen molar-refractivity contribution in [2.24, 2.45) is 11.7 Å². The van der Waals surface area contributed by atoms with Crippen LogP contribution in [-0.4, -0.2) is 22.8 Å². The number of nitrogens with two attached hydrogens (primary N) is 1. The highest BCUT2D eigenvalue weighted by Crippen LogP contribution is 2.26. The van der Waals surface area contributed by atoms with E-state index in [4.69, 9.17) is 10.5 Å². The first-order valence-corrected chi connectivity index (χ1v) is 6.72. The quantitative estimate of drug-likeness (QED) is 0.848. The molecule has 2 unspecified atom stereocenters. The molecule has 17 heavy (non-hydrogen) atoms. The van der Waals surface area contributed by atoms with E-state index in [2.05, 4.69) is 9.55 Å². The Kier molecular flexibility index (Phi) is 3.16. The molecule has 1 saturated heterocycles. The number of rotatable bonds is 2. The lowest BCUT2D eigenvalue weighted by Gasteiger charge is -2.25. The van der Waals surface area contributed by atoms with Crippen molar-refractivity contribution < 1.29 is 4.74 Å². The molecule has 0 aromatic carbocycles. The van der Waals surface area contributed by atoms with Crippen LogP contribution in [0.3, 0.4) is 0 Å². The molecule has 94 valence electrons. The molecule has 3 heterocycles. The van der Waals surface area contributed by atoms with Crippen LogP contribution in [0.4, 0.5) is 0 Å². The van der Waals surface area contributed by atoms with Crippen molar-refractivity contribution in [2.45, 2.75) is 44.7 Å². The highest BCUT2D eigenvalue weighted by molar-refractivity contribution is 5.12. The van der Waals surface area contributed by atoms with Gasteiger partial charge in [-0.2, -0.15) is 0 Å². The zero-order valence-electron chi connectivity index (χ0n) is 10.3. The van der Waals surface area contributed by atoms with Gasteiger partial charge in [0.25, 0.3) is 0 Å². The van der Waals surface area contributed by atoms with Gasteiger partial charge in [0.05, 0.1) is 11.9 Å². The summed E-state index contributed by atoms with van der Waals surface area (Å²) in [5.74, 6) is 1.86. The SMILES string of the molecule is NC1CCCn2c1cnc2CC1CCCOC1. The number of ether oxygens (including phenoxy) is 1. The van der Waals surface area contributed by atoms with Crippen LogP contribution in [0.5, 0.6) is 0 Å². The highest BCUT2D eigenvalue weighted by atomic mass is 16.5. The summed E-state index contributed by atoms with van der Waals surface area (Å²) in [6.07, 6.45) is 7.76. The van der Waals surface area contributed by atoms with E-state index in [9.17, 15) is 0 Å². The number of fused-ring (bicyclic) bond motifs is 1. The van der Waals surface area contributed by atoms with Crippen molar-refractivity contribution >= 4 is 0 Å². The average Bonchev–Trinajstić information content (AvgIpc) is 2.76. The van der Waals surface area contributed by atoms with Crippen LogP contribution >= 0.6 is 0 Å². The molecular weight excluding hydrogens is 214 g/mol. The zero-order chi connectivity index (χ0) is 11.7. The van der Waals surface area contributed by atoms with Crippen LogP contribution in [0, 0.1) is 5.92 Å². The van der Waals surface area contributed by atoms with Crippen molar-refractivity contribution in [3.05, 3.63) is 17.7 Å². The minimum absolute atomic E-state index is 0.188. The number of hydrogen-bond acceptors (Lipinski definition) is 3. The molecule has 2 atom stereocenters. The Hall–Kier alpha value is -0.870. The van der Waals surface area contributed by atoms with Gasteiger partial charge in [0.1, 0.15) is 5.82 Å². The largest absolute Gasteiger partial charge is 0.381 e. The Bertz CT molecular complexity index is 382. The molecule has 1 fully saturated rings. The van der Waals surface area contributed by atoms with Crippen LogP contribution in [0.15, 0.2) is 6.20 Å². The fourth-order valence-electron chi connectivity index (χ4n) is 2.99. The number of imidazole rings is 1. The molecule has 0 aliphatic carbocycles. The number of aromatic nitrogens is 2. The number of hydrogen-bond donors (Lipinski definition) is 1. The van der Waals surface area contributed by atoms with E-state index in [0.717, 1.165) is 32.6 Å². The lowest BCUT2D eigenvalue weighted by molar-refractivity contribution is 0.0539. The minimum atomic E-state index is 0.188. The van der Waals surface area contributed by atoms with E-state index in [-0.39, 0.29) is 6.04 Å². The molecule has 0 spiro atoms. The van der Waals surface area contributed by atoms with Gasteiger partial charge in [0.15, 0.2) is 0 Å². The monoisotopic (exact) mass is 235 g/mol. The second-order valence-corrected chi connectivity index (χ2v) is 5.29. The molecule has 0 saturated carbocycles. The molecule has 0 radical (unpaired) electrons. The zero-order valence-corrected chi connectivity index (χ0v) is 10.3. The van der Waals surface area contributed by atoms with Crippen molar-refractivity contribution in [1.82, 2.24) is 9.55 Å². The Morgan fingerprint density at radius 3 is 3.18 bits per heavy atom. The molecule has 4 heteroatoms. The predicted molar refractivity (Wildman–Crippen MR) is 65.6 cm³/mol. The van der Waals surface area contributed by atoms with E-state index in [1.54, 1.807) is 0 Å². The third-order valence-corrected chi connectivity index (χ3v) is 3.97. The van der Waals surface area contributed by atoms with Crippen molar-refractivity contribution in [1.29, 1.82) is 0 Å². The average molecular weight is 235 g/mol. The molecule has 0 amide bonds. The fourth-order valence-corrected chi connectivity index (χ4v) is 2.99. The first kappa shape index (κ1) is 11.2. The van der Waals surface area contributed by atoms with Crippen LogP contribution in [0.2, 0.25) is 0 Å². The molecular formula is C13H21N3O. The molecule has 1 aromatic rings. The molecule has 3 rings (SSSR count). The normalized spacial score (nSPS) is 29.0. The topological polar surface area (TPSA) is 53.1 Å². The Labute approximate surface area is 102 Å². The van der Waals surface area contributed by atoms with Crippen molar-refractivity contribution in [3.63, 3.8) is 0 Å². The molecule has 2 N–H and O–H groups in total. The van der Waals surface area contributed by atoms with Crippen molar-refractivity contribution in [2.75, 3.05) is 13.2 Å². The van der Waals surface area contributed by atoms with Crippen LogP contribution < -0.4 is 5.73 Å². The summed E-state index contributed by atoms with van der Waals surface area (Å²) >= 11 is 0. The highest BCUT2D eigenvalue weighted by Gasteiger charge is 2.23. The molecule has 2 aliphatic heterocycles. The molecule has 4 nitrogen and oxygen atoms in total. The standard InChI is InChI=1S/C13H21N3O/c14-11-4-1-5-16-12(11)8-15-13(16)7-10-3-2-6-17-9-10/h8,10-11H,1-7,9,14H2.